The van der Waals surface area contributed by atoms with E-state index in [0.29, 0.717) is 6.54 Å². The Balaban J connectivity index is 2.36. The van der Waals surface area contributed by atoms with E-state index in [1.807, 2.05) is 42.2 Å². The van der Waals surface area contributed by atoms with Gasteiger partial charge in [0, 0.05) is 12.2 Å². The number of aliphatic carboxylic acids is 1. The molecule has 0 saturated heterocycles. The van der Waals surface area contributed by atoms with Crippen LogP contribution in [0.3, 0.4) is 0 Å². The van der Waals surface area contributed by atoms with Crippen molar-refractivity contribution in [3.05, 3.63) is 35.4 Å². The van der Waals surface area contributed by atoms with Gasteiger partial charge in [-0.3, -0.25) is 4.79 Å². The number of rotatable bonds is 2. The number of carbonyl (C=O) groups is 1. The topological polar surface area (TPSA) is 40.5 Å². The Hall–Kier alpha value is -1.77. The third-order valence-electron chi connectivity index (χ3n) is 2.48. The Morgan fingerprint density at radius 3 is 3.07 bits per heavy atom. The molecule has 1 heterocycles. The van der Waals surface area contributed by atoms with Crippen LogP contribution in [-0.4, -0.2) is 24.2 Å². The van der Waals surface area contributed by atoms with Gasteiger partial charge in [-0.05, 0) is 24.1 Å². The lowest BCUT2D eigenvalue weighted by Crippen LogP contribution is -2.31. The maximum Gasteiger partial charge on any atom is 0.323 e. The van der Waals surface area contributed by atoms with Crippen molar-refractivity contribution in [3.8, 4) is 0 Å². The zero-order chi connectivity index (χ0) is 10.8. The average Bonchev–Trinajstić information content (AvgIpc) is 2.18. The van der Waals surface area contributed by atoms with E-state index in [1.54, 1.807) is 0 Å². The molecule has 1 N–H and O–H groups in total. The van der Waals surface area contributed by atoms with Gasteiger partial charge in [0.1, 0.15) is 6.54 Å². The molecule has 0 fully saturated rings. The van der Waals surface area contributed by atoms with Crippen molar-refractivity contribution in [1.29, 1.82) is 0 Å². The Kier molecular flexibility index (Phi) is 2.46. The Bertz CT molecular complexity index is 424. The van der Waals surface area contributed by atoms with Crippen LogP contribution in [-0.2, 0) is 4.79 Å². The summed E-state index contributed by atoms with van der Waals surface area (Å²) in [7, 11) is 0. The number of nitrogens with zero attached hydrogens (tertiary/aromatic N) is 1. The minimum atomic E-state index is -0.794. The number of fused-ring (bicyclic) bond motifs is 1. The summed E-state index contributed by atoms with van der Waals surface area (Å²) in [6.45, 7) is 2.74. The van der Waals surface area contributed by atoms with Gasteiger partial charge in [0.15, 0.2) is 0 Å². The van der Waals surface area contributed by atoms with Crippen molar-refractivity contribution in [1.82, 2.24) is 0 Å². The molecule has 3 heteroatoms. The van der Waals surface area contributed by atoms with Crippen LogP contribution in [0.4, 0.5) is 5.69 Å². The molecular formula is C12H13NO2. The van der Waals surface area contributed by atoms with E-state index in [-0.39, 0.29) is 6.54 Å². The fourth-order valence-electron chi connectivity index (χ4n) is 1.79. The van der Waals surface area contributed by atoms with Crippen molar-refractivity contribution >= 4 is 17.7 Å². The molecular weight excluding hydrogens is 190 g/mol. The van der Waals surface area contributed by atoms with Gasteiger partial charge in [-0.15, -0.1) is 0 Å². The number of anilines is 1. The van der Waals surface area contributed by atoms with Gasteiger partial charge >= 0.3 is 5.97 Å². The minimum absolute atomic E-state index is 0.0563. The van der Waals surface area contributed by atoms with Crippen LogP contribution in [0.25, 0.3) is 6.08 Å². The highest BCUT2D eigenvalue weighted by molar-refractivity contribution is 5.79. The van der Waals surface area contributed by atoms with E-state index in [9.17, 15) is 4.79 Å². The lowest BCUT2D eigenvalue weighted by atomic mass is 10.1. The Morgan fingerprint density at radius 2 is 2.33 bits per heavy atom. The number of benzene rings is 1. The number of hydrogen-bond acceptors (Lipinski definition) is 2. The highest BCUT2D eigenvalue weighted by Crippen LogP contribution is 2.26. The molecule has 15 heavy (non-hydrogen) atoms. The average molecular weight is 203 g/mol. The van der Waals surface area contributed by atoms with Crippen molar-refractivity contribution in [2.75, 3.05) is 18.0 Å². The van der Waals surface area contributed by atoms with Crippen LogP contribution >= 0.6 is 0 Å². The van der Waals surface area contributed by atoms with Crippen LogP contribution in [0.1, 0.15) is 11.1 Å². The summed E-state index contributed by atoms with van der Waals surface area (Å²) < 4.78 is 0. The van der Waals surface area contributed by atoms with Gasteiger partial charge in [-0.1, -0.05) is 24.3 Å². The van der Waals surface area contributed by atoms with Crippen molar-refractivity contribution in [3.63, 3.8) is 0 Å². The summed E-state index contributed by atoms with van der Waals surface area (Å²) in [5.74, 6) is -0.794. The molecule has 0 aliphatic carbocycles. The summed E-state index contributed by atoms with van der Waals surface area (Å²) in [6, 6.07) is 6.09. The van der Waals surface area contributed by atoms with Crippen molar-refractivity contribution in [2.45, 2.75) is 6.92 Å². The van der Waals surface area contributed by atoms with Gasteiger partial charge in [0.25, 0.3) is 0 Å². The molecule has 3 nitrogen and oxygen atoms in total. The maximum absolute atomic E-state index is 10.7. The molecule has 2 rings (SSSR count). The highest BCUT2D eigenvalue weighted by atomic mass is 16.4. The summed E-state index contributed by atoms with van der Waals surface area (Å²) >= 11 is 0. The standard InChI is InChI=1S/C12H13NO2/c1-9-4-5-10-3-2-6-13(8-12(14)15)11(10)7-9/h2-5,7H,6,8H2,1H3,(H,14,15). The first-order valence-corrected chi connectivity index (χ1v) is 4.91. The van der Waals surface area contributed by atoms with Gasteiger partial charge in [-0.2, -0.15) is 0 Å². The predicted octanol–water partition coefficient (Wildman–Crippen LogP) is 1.91. The first kappa shape index (κ1) is 9.77. The van der Waals surface area contributed by atoms with Gasteiger partial charge in [0.2, 0.25) is 0 Å². The van der Waals surface area contributed by atoms with Gasteiger partial charge in [-0.25, -0.2) is 0 Å². The third-order valence-corrected chi connectivity index (χ3v) is 2.48. The molecule has 78 valence electrons. The molecule has 0 spiro atoms. The lowest BCUT2D eigenvalue weighted by Gasteiger charge is -2.26. The smallest absolute Gasteiger partial charge is 0.323 e. The van der Waals surface area contributed by atoms with Crippen molar-refractivity contribution in [2.24, 2.45) is 0 Å². The second kappa shape index (κ2) is 3.77. The number of aryl methyl sites for hydroxylation is 1. The molecule has 1 aromatic rings. The largest absolute Gasteiger partial charge is 0.480 e. The van der Waals surface area contributed by atoms with E-state index in [0.717, 1.165) is 16.8 Å². The molecule has 0 radical (unpaired) electrons. The normalized spacial score (nSPS) is 13.8. The first-order chi connectivity index (χ1) is 7.16. The van der Waals surface area contributed by atoms with Gasteiger partial charge < -0.3 is 10.0 Å². The van der Waals surface area contributed by atoms with Crippen LogP contribution in [0.2, 0.25) is 0 Å². The quantitative estimate of drug-likeness (QED) is 0.798. The molecule has 1 aromatic carbocycles. The molecule has 1 aliphatic rings. The molecule has 0 saturated carbocycles. The number of hydrogen-bond donors (Lipinski definition) is 1. The minimum Gasteiger partial charge on any atom is -0.480 e. The van der Waals surface area contributed by atoms with Gasteiger partial charge in [0.05, 0.1) is 0 Å². The van der Waals surface area contributed by atoms with E-state index in [1.165, 1.54) is 0 Å². The summed E-state index contributed by atoms with van der Waals surface area (Å²) in [4.78, 5) is 12.6. The summed E-state index contributed by atoms with van der Waals surface area (Å²) in [5.41, 5.74) is 3.26. The maximum atomic E-state index is 10.7. The monoisotopic (exact) mass is 203 g/mol. The van der Waals surface area contributed by atoms with Crippen LogP contribution < -0.4 is 4.90 Å². The van der Waals surface area contributed by atoms with E-state index in [2.05, 4.69) is 0 Å². The Morgan fingerprint density at radius 1 is 1.53 bits per heavy atom. The fourth-order valence-corrected chi connectivity index (χ4v) is 1.79. The van der Waals surface area contributed by atoms with Crippen LogP contribution in [0.5, 0.6) is 0 Å². The zero-order valence-electron chi connectivity index (χ0n) is 8.60. The second-order valence-electron chi connectivity index (χ2n) is 3.74. The van der Waals surface area contributed by atoms with Crippen LogP contribution in [0.15, 0.2) is 24.3 Å². The second-order valence-corrected chi connectivity index (χ2v) is 3.74. The number of carboxylic acids is 1. The van der Waals surface area contributed by atoms with E-state index < -0.39 is 5.97 Å². The molecule has 0 amide bonds. The Labute approximate surface area is 88.6 Å². The van der Waals surface area contributed by atoms with E-state index in [4.69, 9.17) is 5.11 Å². The molecule has 0 aromatic heterocycles. The zero-order valence-corrected chi connectivity index (χ0v) is 8.60. The molecule has 1 aliphatic heterocycles. The SMILES string of the molecule is Cc1ccc2c(c1)N(CC(=O)O)CC=C2. The first-order valence-electron chi connectivity index (χ1n) is 4.91. The van der Waals surface area contributed by atoms with Crippen molar-refractivity contribution < 1.29 is 9.90 Å². The molecule has 0 atom stereocenters. The fraction of sp³-hybridized carbons (Fsp3) is 0.250. The number of carboxylic acid groups (broad SMARTS) is 1. The van der Waals surface area contributed by atoms with Crippen LogP contribution in [0, 0.1) is 6.92 Å². The summed E-state index contributed by atoms with van der Waals surface area (Å²) in [6.07, 6.45) is 4.02. The molecule has 0 bridgehead atoms. The lowest BCUT2D eigenvalue weighted by molar-refractivity contribution is -0.135. The predicted molar refractivity (Wildman–Crippen MR) is 60.1 cm³/mol. The molecule has 0 unspecified atom stereocenters. The highest BCUT2D eigenvalue weighted by Gasteiger charge is 2.15. The third kappa shape index (κ3) is 2.01. The van der Waals surface area contributed by atoms with E-state index >= 15 is 0 Å². The summed E-state index contributed by atoms with van der Waals surface area (Å²) in [5, 5.41) is 8.79.